The molecule has 2 amide bonds. The first-order chi connectivity index (χ1) is 18.9. The Morgan fingerprint density at radius 1 is 0.927 bits per heavy atom. The summed E-state index contributed by atoms with van der Waals surface area (Å²) in [6.45, 7) is 15.9. The van der Waals surface area contributed by atoms with E-state index in [1.165, 1.54) is 13.8 Å². The van der Waals surface area contributed by atoms with Crippen LogP contribution in [0.25, 0.3) is 0 Å². The van der Waals surface area contributed by atoms with Crippen LogP contribution in [0.15, 0.2) is 10.2 Å². The van der Waals surface area contributed by atoms with Crippen LogP contribution in [0.1, 0.15) is 101 Å². The van der Waals surface area contributed by atoms with Crippen LogP contribution in [0, 0.1) is 28.6 Å². The van der Waals surface area contributed by atoms with E-state index in [-0.39, 0.29) is 49.7 Å². The third-order valence-corrected chi connectivity index (χ3v) is 7.33. The average Bonchev–Trinajstić information content (AvgIpc) is 3.49. The van der Waals surface area contributed by atoms with Gasteiger partial charge in [-0.1, -0.05) is 13.8 Å². The van der Waals surface area contributed by atoms with Crippen molar-refractivity contribution in [3.8, 4) is 12.1 Å². The van der Waals surface area contributed by atoms with Crippen LogP contribution < -0.4 is 5.32 Å². The summed E-state index contributed by atoms with van der Waals surface area (Å²) in [5.74, 6) is -0.885. The first-order valence-electron chi connectivity index (χ1n) is 14.0. The molecule has 1 aliphatic rings. The van der Waals surface area contributed by atoms with E-state index in [9.17, 15) is 29.7 Å². The molecule has 12 nitrogen and oxygen atoms in total. The van der Waals surface area contributed by atoms with Gasteiger partial charge in [0.15, 0.2) is 11.1 Å². The van der Waals surface area contributed by atoms with Crippen molar-refractivity contribution in [1.82, 2.24) is 10.2 Å². The first-order valence-corrected chi connectivity index (χ1v) is 14.0. The summed E-state index contributed by atoms with van der Waals surface area (Å²) in [5, 5.41) is 30.4. The molecule has 0 saturated carbocycles. The molecule has 1 saturated heterocycles. The highest BCUT2D eigenvalue weighted by Gasteiger charge is 2.46. The summed E-state index contributed by atoms with van der Waals surface area (Å²) in [4.78, 5) is 48.7. The van der Waals surface area contributed by atoms with Gasteiger partial charge in [-0.2, -0.15) is 20.8 Å². The molecule has 0 spiro atoms. The fraction of sp³-hybridized carbons (Fsp3) is 0.793. The van der Waals surface area contributed by atoms with E-state index in [0.717, 1.165) is 6.41 Å². The highest BCUT2D eigenvalue weighted by Crippen LogP contribution is 2.34. The van der Waals surface area contributed by atoms with Gasteiger partial charge in [0.2, 0.25) is 12.8 Å². The van der Waals surface area contributed by atoms with E-state index in [4.69, 9.17) is 9.47 Å². The van der Waals surface area contributed by atoms with Crippen molar-refractivity contribution in [2.45, 2.75) is 141 Å². The average molecular weight is 575 g/mol. The lowest BCUT2D eigenvalue weighted by Gasteiger charge is -2.31. The van der Waals surface area contributed by atoms with Crippen LogP contribution >= 0.6 is 0 Å². The van der Waals surface area contributed by atoms with Crippen molar-refractivity contribution in [2.24, 2.45) is 16.1 Å². The van der Waals surface area contributed by atoms with Crippen LogP contribution in [0.5, 0.6) is 0 Å². The predicted octanol–water partition coefficient (Wildman–Crippen LogP) is 3.99. The van der Waals surface area contributed by atoms with Crippen molar-refractivity contribution >= 4 is 24.8 Å². The molecule has 0 aromatic carbocycles. The number of carbonyl (C=O) groups excluding carboxylic acids is 4. The second-order valence-corrected chi connectivity index (χ2v) is 12.8. The van der Waals surface area contributed by atoms with Gasteiger partial charge in [0, 0.05) is 37.8 Å². The lowest BCUT2D eigenvalue weighted by molar-refractivity contribution is -0.159. The van der Waals surface area contributed by atoms with Crippen molar-refractivity contribution in [2.75, 3.05) is 0 Å². The second-order valence-electron chi connectivity index (χ2n) is 12.8. The van der Waals surface area contributed by atoms with Crippen LogP contribution in [-0.4, -0.2) is 70.1 Å². The molecule has 1 fully saturated rings. The molecule has 1 N–H and O–H groups in total. The van der Waals surface area contributed by atoms with Gasteiger partial charge in [-0.15, -0.1) is 0 Å². The Bertz CT molecular complexity index is 1060. The fourth-order valence-electron chi connectivity index (χ4n) is 4.47. The van der Waals surface area contributed by atoms with E-state index >= 15 is 0 Å². The fourth-order valence-corrected chi connectivity index (χ4v) is 4.47. The maximum absolute atomic E-state index is 12.6. The smallest absolute Gasteiger partial charge is 0.306 e. The molecule has 5 atom stereocenters. The lowest BCUT2D eigenvalue weighted by atomic mass is 9.91. The Balaban J connectivity index is 2.70. The molecule has 0 aromatic heterocycles. The normalized spacial score (nSPS) is 20.6. The largest absolute Gasteiger partial charge is 0.460 e. The Hall–Kier alpha value is -3.54. The lowest BCUT2D eigenvalue weighted by Crippen LogP contribution is -2.41. The zero-order chi connectivity index (χ0) is 31.6. The number of ether oxygens (including phenoxy) is 2. The first kappa shape index (κ1) is 35.5. The number of hydrogen-bond donors (Lipinski definition) is 1. The molecule has 41 heavy (non-hydrogen) atoms. The van der Waals surface area contributed by atoms with Gasteiger partial charge >= 0.3 is 11.9 Å². The van der Waals surface area contributed by atoms with Gasteiger partial charge in [-0.05, 0) is 67.2 Å². The SMILES string of the molecule is CC(C)C(CC(C)(C)OC(=O)CCC(C)(C#N)N=NC(C)(C#N)CCC(=O)OC(C)(C)CC1C(C)N1C=O)NC=O. The number of carbonyl (C=O) groups is 4. The minimum Gasteiger partial charge on any atom is -0.460 e. The molecular weight excluding hydrogens is 528 g/mol. The molecule has 5 unspecified atom stereocenters. The van der Waals surface area contributed by atoms with Gasteiger partial charge in [0.1, 0.15) is 11.2 Å². The summed E-state index contributed by atoms with van der Waals surface area (Å²) in [5.41, 5.74) is -4.42. The van der Waals surface area contributed by atoms with E-state index < -0.39 is 34.2 Å². The minimum atomic E-state index is -1.39. The van der Waals surface area contributed by atoms with Crippen molar-refractivity contribution < 1.29 is 28.7 Å². The summed E-state index contributed by atoms with van der Waals surface area (Å²) in [6.07, 6.45) is 2.17. The van der Waals surface area contributed by atoms with Gasteiger partial charge in [-0.25, -0.2) is 0 Å². The molecule has 0 radical (unpaired) electrons. The van der Waals surface area contributed by atoms with Gasteiger partial charge < -0.3 is 19.7 Å². The quantitative estimate of drug-likeness (QED) is 0.111. The molecule has 12 heteroatoms. The Morgan fingerprint density at radius 3 is 1.76 bits per heavy atom. The highest BCUT2D eigenvalue weighted by atomic mass is 16.6. The Kier molecular flexibility index (Phi) is 12.4. The number of esters is 2. The summed E-state index contributed by atoms with van der Waals surface area (Å²) >= 11 is 0. The van der Waals surface area contributed by atoms with Crippen molar-refractivity contribution in [1.29, 1.82) is 10.5 Å². The predicted molar refractivity (Wildman–Crippen MR) is 150 cm³/mol. The van der Waals surface area contributed by atoms with E-state index in [0.29, 0.717) is 19.3 Å². The summed E-state index contributed by atoms with van der Waals surface area (Å²) < 4.78 is 11.2. The maximum Gasteiger partial charge on any atom is 0.306 e. The van der Waals surface area contributed by atoms with E-state index in [1.54, 1.807) is 32.6 Å². The van der Waals surface area contributed by atoms with E-state index in [2.05, 4.69) is 15.5 Å². The van der Waals surface area contributed by atoms with Crippen LogP contribution in [0.4, 0.5) is 0 Å². The molecule has 0 aliphatic carbocycles. The minimum absolute atomic E-state index is 0.0112. The number of rotatable bonds is 18. The topological polar surface area (TPSA) is 174 Å². The zero-order valence-corrected chi connectivity index (χ0v) is 25.9. The van der Waals surface area contributed by atoms with Gasteiger partial charge in [0.05, 0.1) is 18.2 Å². The Labute approximate surface area is 243 Å². The highest BCUT2D eigenvalue weighted by molar-refractivity contribution is 5.70. The molecule has 228 valence electrons. The number of nitrogens with zero attached hydrogens (tertiary/aromatic N) is 5. The number of amides is 2. The monoisotopic (exact) mass is 574 g/mol. The van der Waals surface area contributed by atoms with Crippen LogP contribution in [-0.2, 0) is 28.7 Å². The standard InChI is InChI=1S/C29H46N6O6/c1-20(2)22(32-18-36)14-26(4,5)40-24(38)10-12-28(8,16-30)33-34-29(9,17-31)13-11-25(39)41-27(6,7)15-23-21(3)35(23)19-37/h18-23H,10-15H2,1-9H3,(H,32,36). The Morgan fingerprint density at radius 2 is 1.39 bits per heavy atom. The van der Waals surface area contributed by atoms with E-state index in [1.807, 2.05) is 32.9 Å². The zero-order valence-electron chi connectivity index (χ0n) is 25.9. The number of hydrogen-bond acceptors (Lipinski definition) is 10. The van der Waals surface area contributed by atoms with Crippen LogP contribution in [0.3, 0.4) is 0 Å². The second kappa shape index (κ2) is 14.4. The maximum atomic E-state index is 12.6. The molecule has 0 bridgehead atoms. The van der Waals surface area contributed by atoms with Gasteiger partial charge in [0.25, 0.3) is 0 Å². The van der Waals surface area contributed by atoms with Crippen molar-refractivity contribution in [3.63, 3.8) is 0 Å². The number of azo groups is 1. The molecular formula is C29H46N6O6. The van der Waals surface area contributed by atoms with Gasteiger partial charge in [-0.3, -0.25) is 19.2 Å². The third-order valence-electron chi connectivity index (χ3n) is 7.33. The molecule has 1 rings (SSSR count). The van der Waals surface area contributed by atoms with Crippen molar-refractivity contribution in [3.05, 3.63) is 0 Å². The third kappa shape index (κ3) is 11.8. The number of nitriles is 2. The number of nitrogens with one attached hydrogen (secondary N) is 1. The van der Waals surface area contributed by atoms with Crippen LogP contribution in [0.2, 0.25) is 0 Å². The summed E-state index contributed by atoms with van der Waals surface area (Å²) in [7, 11) is 0. The molecule has 1 heterocycles. The molecule has 0 aromatic rings. The summed E-state index contributed by atoms with van der Waals surface area (Å²) in [6, 6.07) is 4.05. The molecule has 1 aliphatic heterocycles.